The Morgan fingerprint density at radius 1 is 1.19 bits per heavy atom. The largest absolute Gasteiger partial charge is 0.505 e. The summed E-state index contributed by atoms with van der Waals surface area (Å²) in [4.78, 5) is 42.7. The molecule has 2 aromatic heterocycles. The Hall–Kier alpha value is -3.67. The number of likely N-dealkylation sites (tertiary alicyclic amines) is 1. The molecule has 0 saturated carbocycles. The summed E-state index contributed by atoms with van der Waals surface area (Å²) in [5, 5.41) is 15.6. The zero-order valence-corrected chi connectivity index (χ0v) is 17.1. The van der Waals surface area contributed by atoms with Crippen molar-refractivity contribution in [3.63, 3.8) is 0 Å². The van der Waals surface area contributed by atoms with Crippen LogP contribution in [0.5, 0.6) is 5.75 Å². The van der Waals surface area contributed by atoms with E-state index in [0.29, 0.717) is 32.5 Å². The Labute approximate surface area is 189 Å². The van der Waals surface area contributed by atoms with Crippen molar-refractivity contribution in [1.29, 1.82) is 0 Å². The first-order valence-corrected chi connectivity index (χ1v) is 9.81. The van der Waals surface area contributed by atoms with E-state index in [1.54, 1.807) is 11.0 Å². The number of anilines is 2. The van der Waals surface area contributed by atoms with Crippen LogP contribution in [0.15, 0.2) is 23.3 Å². The van der Waals surface area contributed by atoms with Crippen LogP contribution >= 0.6 is 11.6 Å². The van der Waals surface area contributed by atoms with Gasteiger partial charge in [0.05, 0.1) is 12.1 Å². The summed E-state index contributed by atoms with van der Waals surface area (Å²) in [6, 6.07) is 2.99. The Kier molecular flexibility index (Phi) is 6.35. The summed E-state index contributed by atoms with van der Waals surface area (Å²) in [7, 11) is 0. The molecule has 4 heterocycles. The summed E-state index contributed by atoms with van der Waals surface area (Å²) in [5.74, 6) is -1.02. The maximum atomic E-state index is 12.6. The van der Waals surface area contributed by atoms with Gasteiger partial charge in [-0.05, 0) is 25.0 Å². The van der Waals surface area contributed by atoms with Crippen LogP contribution in [-0.2, 0) is 0 Å². The van der Waals surface area contributed by atoms with E-state index in [-0.39, 0.29) is 58.8 Å². The van der Waals surface area contributed by atoms with Crippen LogP contribution in [0.1, 0.15) is 41.2 Å². The van der Waals surface area contributed by atoms with Gasteiger partial charge < -0.3 is 26.8 Å². The number of aromatic hydroxyl groups is 1. The number of carbonyl (C=O) groups excluding carboxylic acids is 2. The summed E-state index contributed by atoms with van der Waals surface area (Å²) in [6.45, 7) is 1.33. The zero-order valence-electron chi connectivity index (χ0n) is 16.3. The molecule has 0 atom stereocenters. The fourth-order valence-corrected chi connectivity index (χ4v) is 3.67. The Balaban J connectivity index is 0.00000289. The number of aromatic nitrogens is 3. The average Bonchev–Trinajstić information content (AvgIpc) is 3.13. The van der Waals surface area contributed by atoms with Crippen molar-refractivity contribution < 1.29 is 14.7 Å². The number of piperidine rings is 1. The van der Waals surface area contributed by atoms with Gasteiger partial charge in [0.1, 0.15) is 5.75 Å². The highest BCUT2D eigenvalue weighted by atomic mass is 35.5. The lowest BCUT2D eigenvalue weighted by atomic mass is 9.88. The first-order chi connectivity index (χ1) is 14.8. The number of hydrogen-bond donors (Lipinski definition) is 5. The van der Waals surface area contributed by atoms with Crippen molar-refractivity contribution in [2.45, 2.75) is 25.8 Å². The van der Waals surface area contributed by atoms with Crippen LogP contribution in [0, 0.1) is 0 Å². The fraction of sp³-hybridized carbons (Fsp3) is 0.368. The summed E-state index contributed by atoms with van der Waals surface area (Å²) in [5.41, 5.74) is 10.7. The molecule has 0 aromatic carbocycles. The molecule has 7 N–H and O–H groups in total. The molecule has 0 radical (unpaired) electrons. The van der Waals surface area contributed by atoms with Gasteiger partial charge in [0.15, 0.2) is 34.1 Å². The second-order valence-corrected chi connectivity index (χ2v) is 7.68. The molecule has 13 heteroatoms. The Morgan fingerprint density at radius 2 is 1.91 bits per heavy atom. The van der Waals surface area contributed by atoms with Crippen LogP contribution < -0.4 is 22.1 Å². The van der Waals surface area contributed by atoms with E-state index in [1.807, 2.05) is 0 Å². The first-order valence-electron chi connectivity index (χ1n) is 9.44. The number of halogens is 1. The monoisotopic (exact) mass is 461 g/mol. The van der Waals surface area contributed by atoms with E-state index in [9.17, 15) is 14.7 Å². The molecular weight excluding hydrogens is 438 g/mol. The first kappa shape index (κ1) is 23.0. The van der Waals surface area contributed by atoms with Crippen LogP contribution in [0.25, 0.3) is 0 Å². The smallest absolute Gasteiger partial charge is 0.280 e. The summed E-state index contributed by atoms with van der Waals surface area (Å²) in [6.07, 6.45) is 2.67. The number of rotatable bonds is 2. The lowest BCUT2D eigenvalue weighted by Gasteiger charge is -2.39. The van der Waals surface area contributed by atoms with Gasteiger partial charge in [-0.25, -0.2) is 15.0 Å². The molecule has 1 saturated heterocycles. The molecule has 2 aromatic rings. The van der Waals surface area contributed by atoms with Crippen molar-refractivity contribution in [3.05, 3.63) is 34.9 Å². The van der Waals surface area contributed by atoms with Crippen molar-refractivity contribution >= 4 is 41.0 Å². The van der Waals surface area contributed by atoms with Gasteiger partial charge in [-0.3, -0.25) is 19.9 Å². The molecule has 1 fully saturated rings. The molecule has 2 aliphatic heterocycles. The van der Waals surface area contributed by atoms with Crippen molar-refractivity contribution in [3.8, 4) is 5.75 Å². The molecule has 1 spiro atoms. The number of guanidine groups is 1. The van der Waals surface area contributed by atoms with Gasteiger partial charge in [0.2, 0.25) is 0 Å². The van der Waals surface area contributed by atoms with Gasteiger partial charge >= 0.3 is 0 Å². The summed E-state index contributed by atoms with van der Waals surface area (Å²) >= 11 is 5.82. The molecule has 2 amide bonds. The van der Waals surface area contributed by atoms with E-state index >= 15 is 0 Å². The molecule has 2 aliphatic rings. The number of nitrogens with zero attached hydrogens (tertiary/aromatic N) is 5. The Bertz CT molecular complexity index is 1080. The lowest BCUT2D eigenvalue weighted by molar-refractivity contribution is 0.0659. The molecule has 0 aliphatic carbocycles. The van der Waals surface area contributed by atoms with Gasteiger partial charge in [0.25, 0.3) is 11.8 Å². The quantitative estimate of drug-likeness (QED) is 0.422. The van der Waals surface area contributed by atoms with Crippen molar-refractivity contribution in [2.75, 3.05) is 31.1 Å². The number of aliphatic imine (C=N–C) groups is 1. The highest BCUT2D eigenvalue weighted by molar-refractivity contribution is 6.31. The van der Waals surface area contributed by atoms with Crippen molar-refractivity contribution in [1.82, 2.24) is 30.5 Å². The molecule has 12 nitrogen and oxygen atoms in total. The highest BCUT2D eigenvalue weighted by Gasteiger charge is 2.40. The van der Waals surface area contributed by atoms with Gasteiger partial charge in [-0.1, -0.05) is 19.0 Å². The zero-order chi connectivity index (χ0) is 22.2. The predicted molar refractivity (Wildman–Crippen MR) is 119 cm³/mol. The number of amides is 2. The number of hydrogen-bond acceptors (Lipinski definition) is 10. The van der Waals surface area contributed by atoms with Gasteiger partial charge in [-0.15, -0.1) is 0 Å². The maximum absolute atomic E-state index is 12.6. The normalized spacial score (nSPS) is 16.7. The average molecular weight is 462 g/mol. The summed E-state index contributed by atoms with van der Waals surface area (Å²) < 4.78 is 0. The van der Waals surface area contributed by atoms with Crippen LogP contribution in [0.4, 0.5) is 11.6 Å². The number of nitrogen functional groups attached to an aromatic ring is 2. The van der Waals surface area contributed by atoms with E-state index in [2.05, 4.69) is 30.6 Å². The maximum Gasteiger partial charge on any atom is 0.280 e. The molecule has 0 unspecified atom stereocenters. The van der Waals surface area contributed by atoms with E-state index in [0.717, 1.165) is 0 Å². The highest BCUT2D eigenvalue weighted by Crippen LogP contribution is 2.27. The number of nitrogens with one attached hydrogen (secondary N) is 2. The number of nitrogens with two attached hydrogens (primary N) is 2. The van der Waals surface area contributed by atoms with E-state index in [4.69, 9.17) is 23.1 Å². The van der Waals surface area contributed by atoms with Crippen LogP contribution in [0.2, 0.25) is 5.15 Å². The molecule has 32 heavy (non-hydrogen) atoms. The predicted octanol–water partition coefficient (Wildman–Crippen LogP) is 0.395. The van der Waals surface area contributed by atoms with E-state index < -0.39 is 5.91 Å². The minimum Gasteiger partial charge on any atom is -0.505 e. The number of pyridine rings is 1. The molecule has 170 valence electrons. The second-order valence-electron chi connectivity index (χ2n) is 7.32. The third-order valence-corrected chi connectivity index (χ3v) is 5.55. The topological polar surface area (TPSA) is 185 Å². The minimum atomic E-state index is -0.617. The second kappa shape index (κ2) is 8.83. The van der Waals surface area contributed by atoms with E-state index in [1.165, 1.54) is 12.3 Å². The number of carbonyl (C=O) groups is 2. The van der Waals surface area contributed by atoms with Gasteiger partial charge in [-0.2, -0.15) is 0 Å². The fourth-order valence-electron chi connectivity index (χ4n) is 3.54. The Morgan fingerprint density at radius 3 is 2.59 bits per heavy atom. The molecule has 0 bridgehead atoms. The third-order valence-electron chi connectivity index (χ3n) is 5.27. The third kappa shape index (κ3) is 4.35. The van der Waals surface area contributed by atoms with Crippen LogP contribution in [0.3, 0.4) is 0 Å². The van der Waals surface area contributed by atoms with Gasteiger partial charge in [0, 0.05) is 19.3 Å². The molecule has 4 rings (SSSR count). The standard InChI is InChI=1S/C18H20ClN9O3.CH4/c19-12-14(21)25-13(20)11(24-12)15(30)26-17-23-8-18(27-17)3-6-28(7-4-18)16(31)10-9(29)2-1-5-22-10;/h1-2,5,29H,3-4,6-8H2,(H4,20,21,25)(H2,23,26,27,30);1H4. The van der Waals surface area contributed by atoms with Crippen molar-refractivity contribution in [2.24, 2.45) is 4.99 Å². The molecular formula is C19H24ClN9O3. The minimum absolute atomic E-state index is 0. The SMILES string of the molecule is C.Nc1nc(N)c(C(=O)NC2=NCC3(CCN(C(=O)c4ncccc4O)CC3)N2)nc1Cl. The lowest BCUT2D eigenvalue weighted by Crippen LogP contribution is -2.57. The van der Waals surface area contributed by atoms with Crippen LogP contribution in [-0.4, -0.2) is 67.9 Å².